The van der Waals surface area contributed by atoms with Gasteiger partial charge in [-0.1, -0.05) is 29.3 Å². The van der Waals surface area contributed by atoms with Crippen molar-refractivity contribution in [3.8, 4) is 0 Å². The second kappa shape index (κ2) is 9.24. The molecule has 0 fully saturated rings. The number of alkyl halides is 3. The average molecular weight is 517 g/mol. The monoisotopic (exact) mass is 516 g/mol. The van der Waals surface area contributed by atoms with Crippen molar-refractivity contribution in [2.45, 2.75) is 24.9 Å². The van der Waals surface area contributed by atoms with Crippen LogP contribution in [0.4, 0.5) is 24.5 Å². The number of hydrogen-bond donors (Lipinski definition) is 2. The van der Waals surface area contributed by atoms with Gasteiger partial charge in [-0.2, -0.15) is 13.2 Å². The summed E-state index contributed by atoms with van der Waals surface area (Å²) >= 11 is 11.7. The number of aryl methyl sites for hydroxylation is 2. The van der Waals surface area contributed by atoms with Crippen LogP contribution < -0.4 is 10.0 Å². The SMILES string of the molecule is Cc1cc(C)cc(NS(=O)(=O)c2cc(C(=O)Nc3ccc(Cl)c(C(F)(F)F)c3)ccc2Cl)c1. The number of amides is 1. The summed E-state index contributed by atoms with van der Waals surface area (Å²) in [5, 5.41) is 1.66. The fourth-order valence-electron chi connectivity index (χ4n) is 3.12. The Morgan fingerprint density at radius 3 is 2.06 bits per heavy atom. The summed E-state index contributed by atoms with van der Waals surface area (Å²) in [4.78, 5) is 12.3. The van der Waals surface area contributed by atoms with Gasteiger partial charge in [-0.15, -0.1) is 0 Å². The van der Waals surface area contributed by atoms with Crippen LogP contribution in [0, 0.1) is 13.8 Å². The lowest BCUT2D eigenvalue weighted by atomic mass is 10.1. The highest BCUT2D eigenvalue weighted by atomic mass is 35.5. The van der Waals surface area contributed by atoms with Crippen LogP contribution in [0.1, 0.15) is 27.0 Å². The maximum atomic E-state index is 13.1. The minimum absolute atomic E-state index is 0.122. The van der Waals surface area contributed by atoms with E-state index in [9.17, 15) is 26.4 Å². The second-order valence-electron chi connectivity index (χ2n) is 7.27. The van der Waals surface area contributed by atoms with Crippen LogP contribution in [0.2, 0.25) is 10.0 Å². The van der Waals surface area contributed by atoms with Crippen LogP contribution >= 0.6 is 23.2 Å². The van der Waals surface area contributed by atoms with Crippen LogP contribution in [-0.2, 0) is 16.2 Å². The van der Waals surface area contributed by atoms with Crippen molar-refractivity contribution in [3.63, 3.8) is 0 Å². The van der Waals surface area contributed by atoms with E-state index in [4.69, 9.17) is 23.2 Å². The Hall–Kier alpha value is -2.75. The molecule has 3 aromatic rings. The first-order valence-corrected chi connectivity index (χ1v) is 11.6. The van der Waals surface area contributed by atoms with Crippen molar-refractivity contribution < 1.29 is 26.4 Å². The first-order chi connectivity index (χ1) is 15.3. The lowest BCUT2D eigenvalue weighted by Crippen LogP contribution is -2.17. The quantitative estimate of drug-likeness (QED) is 0.397. The van der Waals surface area contributed by atoms with Crippen LogP contribution in [0.25, 0.3) is 0 Å². The fourth-order valence-corrected chi connectivity index (χ4v) is 4.91. The minimum Gasteiger partial charge on any atom is -0.322 e. The molecule has 0 saturated carbocycles. The van der Waals surface area contributed by atoms with E-state index >= 15 is 0 Å². The Bertz CT molecular complexity index is 1320. The molecule has 11 heteroatoms. The number of sulfonamides is 1. The molecule has 33 heavy (non-hydrogen) atoms. The zero-order valence-corrected chi connectivity index (χ0v) is 19.5. The topological polar surface area (TPSA) is 75.3 Å². The van der Waals surface area contributed by atoms with Crippen LogP contribution in [0.3, 0.4) is 0 Å². The molecule has 174 valence electrons. The molecular formula is C22H17Cl2F3N2O3S. The molecule has 1 amide bonds. The molecule has 0 atom stereocenters. The van der Waals surface area contributed by atoms with Crippen molar-refractivity contribution in [1.82, 2.24) is 0 Å². The van der Waals surface area contributed by atoms with Crippen molar-refractivity contribution in [1.29, 1.82) is 0 Å². The smallest absolute Gasteiger partial charge is 0.322 e. The number of carbonyl (C=O) groups excluding carboxylic acids is 1. The molecule has 0 unspecified atom stereocenters. The summed E-state index contributed by atoms with van der Waals surface area (Å²) in [5.41, 5.74) is 0.604. The first-order valence-electron chi connectivity index (χ1n) is 9.35. The number of hydrogen-bond acceptors (Lipinski definition) is 3. The van der Waals surface area contributed by atoms with E-state index < -0.39 is 32.7 Å². The lowest BCUT2D eigenvalue weighted by molar-refractivity contribution is -0.137. The van der Waals surface area contributed by atoms with Gasteiger partial charge in [0.1, 0.15) is 4.90 Å². The van der Waals surface area contributed by atoms with Gasteiger partial charge in [0, 0.05) is 16.9 Å². The molecule has 3 aromatic carbocycles. The van der Waals surface area contributed by atoms with E-state index in [1.165, 1.54) is 18.2 Å². The van der Waals surface area contributed by atoms with E-state index in [1.54, 1.807) is 12.1 Å². The summed E-state index contributed by atoms with van der Waals surface area (Å²) in [6.07, 6.45) is -4.71. The Labute approximate surface area is 198 Å². The zero-order chi connectivity index (χ0) is 24.6. The third-order valence-corrected chi connectivity index (χ3v) is 6.68. The van der Waals surface area contributed by atoms with E-state index in [1.807, 2.05) is 19.9 Å². The van der Waals surface area contributed by atoms with Gasteiger partial charge >= 0.3 is 6.18 Å². The Morgan fingerprint density at radius 1 is 0.848 bits per heavy atom. The fraction of sp³-hybridized carbons (Fsp3) is 0.136. The largest absolute Gasteiger partial charge is 0.417 e. The van der Waals surface area contributed by atoms with Gasteiger partial charge in [-0.05, 0) is 73.5 Å². The van der Waals surface area contributed by atoms with Gasteiger partial charge in [-0.25, -0.2) is 8.42 Å². The van der Waals surface area contributed by atoms with Crippen LogP contribution in [-0.4, -0.2) is 14.3 Å². The second-order valence-corrected chi connectivity index (χ2v) is 9.74. The number of halogens is 5. The molecule has 0 bridgehead atoms. The lowest BCUT2D eigenvalue weighted by Gasteiger charge is -2.13. The molecule has 0 radical (unpaired) electrons. The Kier molecular flexibility index (Phi) is 6.97. The third kappa shape index (κ3) is 5.98. The normalized spacial score (nSPS) is 11.8. The Morgan fingerprint density at radius 2 is 1.45 bits per heavy atom. The van der Waals surface area contributed by atoms with Gasteiger partial charge in [0.2, 0.25) is 0 Å². The van der Waals surface area contributed by atoms with Crippen LogP contribution in [0.15, 0.2) is 59.5 Å². The van der Waals surface area contributed by atoms with Crippen molar-refractivity contribution in [2.75, 3.05) is 10.0 Å². The number of anilines is 2. The first kappa shape index (κ1) is 24.9. The summed E-state index contributed by atoms with van der Waals surface area (Å²) in [6.45, 7) is 3.62. The average Bonchev–Trinajstić information content (AvgIpc) is 2.67. The molecule has 3 rings (SSSR count). The molecule has 0 saturated heterocycles. The minimum atomic E-state index is -4.71. The summed E-state index contributed by atoms with van der Waals surface area (Å²) in [6, 6.07) is 11.6. The van der Waals surface area contributed by atoms with Gasteiger partial charge in [0.05, 0.1) is 15.6 Å². The highest BCUT2D eigenvalue weighted by Crippen LogP contribution is 2.36. The van der Waals surface area contributed by atoms with Crippen molar-refractivity contribution >= 4 is 50.5 Å². The molecular weight excluding hydrogens is 500 g/mol. The third-order valence-electron chi connectivity index (χ3n) is 4.49. The van der Waals surface area contributed by atoms with Gasteiger partial charge in [0.15, 0.2) is 0 Å². The molecule has 0 aliphatic carbocycles. The summed E-state index contributed by atoms with van der Waals surface area (Å²) in [5.74, 6) is -0.829. The molecule has 0 aliphatic heterocycles. The molecule has 0 heterocycles. The van der Waals surface area contributed by atoms with Gasteiger partial charge < -0.3 is 5.32 Å². The number of rotatable bonds is 5. The van der Waals surface area contributed by atoms with Gasteiger partial charge in [0.25, 0.3) is 15.9 Å². The highest BCUT2D eigenvalue weighted by molar-refractivity contribution is 7.92. The maximum absolute atomic E-state index is 13.1. The standard InChI is InChI=1S/C22H17Cl2F3N2O3S/c1-12-7-13(2)9-16(8-12)29-33(31,32)20-10-14(3-5-19(20)24)21(30)28-15-4-6-18(23)17(11-15)22(25,26)27/h3-11,29H,1-2H3,(H,28,30). The Balaban J connectivity index is 1.90. The number of carbonyl (C=O) groups is 1. The summed E-state index contributed by atoms with van der Waals surface area (Å²) < 4.78 is 67.4. The van der Waals surface area contributed by atoms with Gasteiger partial charge in [-0.3, -0.25) is 9.52 Å². The predicted octanol–water partition coefficient (Wildman–Crippen LogP) is 6.68. The number of benzene rings is 3. The maximum Gasteiger partial charge on any atom is 0.417 e. The van der Waals surface area contributed by atoms with E-state index in [0.717, 1.165) is 23.3 Å². The molecule has 2 N–H and O–H groups in total. The molecule has 0 aliphatic rings. The van der Waals surface area contributed by atoms with Crippen molar-refractivity contribution in [2.24, 2.45) is 0 Å². The predicted molar refractivity (Wildman–Crippen MR) is 123 cm³/mol. The van der Waals surface area contributed by atoms with Crippen molar-refractivity contribution in [3.05, 3.63) is 86.9 Å². The number of nitrogens with one attached hydrogen (secondary N) is 2. The molecule has 5 nitrogen and oxygen atoms in total. The molecule has 0 spiro atoms. The zero-order valence-electron chi connectivity index (χ0n) is 17.2. The highest BCUT2D eigenvalue weighted by Gasteiger charge is 2.33. The van der Waals surface area contributed by atoms with E-state index in [-0.39, 0.29) is 21.2 Å². The van der Waals surface area contributed by atoms with E-state index in [0.29, 0.717) is 11.8 Å². The van der Waals surface area contributed by atoms with Crippen LogP contribution in [0.5, 0.6) is 0 Å². The van der Waals surface area contributed by atoms with E-state index in [2.05, 4.69) is 10.0 Å². The summed E-state index contributed by atoms with van der Waals surface area (Å²) in [7, 11) is -4.17. The molecule has 0 aromatic heterocycles.